The van der Waals surface area contributed by atoms with E-state index in [-0.39, 0.29) is 30.8 Å². The van der Waals surface area contributed by atoms with Crippen LogP contribution in [0.4, 0.5) is 0 Å². The van der Waals surface area contributed by atoms with Crippen LogP contribution in [-0.2, 0) is 19.1 Å². The lowest BCUT2D eigenvalue weighted by atomic mass is 9.88. The summed E-state index contributed by atoms with van der Waals surface area (Å²) in [5.74, 6) is -0.0691. The zero-order valence-electron chi connectivity index (χ0n) is 33.8. The standard InChI is InChI=1S/C44H82O8/c1-4-5-21-27-37(46)31-32-40-39(41(47)33-42(40)48)28-23-19-20-25-30-44(50)52-38(34-45)35-51-43(49)29-24-18-16-14-12-10-8-6-7-9-11-13-15-17-22-26-36(2)3/h31-32,36-42,45-48H,4-30,33-35H2,1-3H3/b32-31+/t37-,38-,39+,40+,41-,42+/m0/s1. The molecule has 8 heteroatoms. The van der Waals surface area contributed by atoms with Gasteiger partial charge in [0.2, 0.25) is 0 Å². The van der Waals surface area contributed by atoms with Crippen molar-refractivity contribution in [2.75, 3.05) is 13.2 Å². The average Bonchev–Trinajstić information content (AvgIpc) is 3.39. The van der Waals surface area contributed by atoms with Gasteiger partial charge >= 0.3 is 11.9 Å². The quantitative estimate of drug-likeness (QED) is 0.0287. The van der Waals surface area contributed by atoms with Crippen LogP contribution in [-0.4, -0.2) is 70.0 Å². The highest BCUT2D eigenvalue weighted by Crippen LogP contribution is 2.37. The molecule has 1 aliphatic carbocycles. The van der Waals surface area contributed by atoms with Crippen LogP contribution in [0.3, 0.4) is 0 Å². The lowest BCUT2D eigenvalue weighted by Crippen LogP contribution is -2.28. The van der Waals surface area contributed by atoms with E-state index in [1.54, 1.807) is 6.08 Å². The zero-order chi connectivity index (χ0) is 38.2. The maximum atomic E-state index is 12.3. The number of hydrogen-bond donors (Lipinski definition) is 4. The third kappa shape index (κ3) is 26.3. The van der Waals surface area contributed by atoms with Gasteiger partial charge in [-0.1, -0.05) is 168 Å². The Morgan fingerprint density at radius 3 is 1.71 bits per heavy atom. The van der Waals surface area contributed by atoms with Crippen LogP contribution >= 0.6 is 0 Å². The van der Waals surface area contributed by atoms with Gasteiger partial charge in [-0.05, 0) is 37.5 Å². The zero-order valence-corrected chi connectivity index (χ0v) is 33.8. The summed E-state index contributed by atoms with van der Waals surface area (Å²) < 4.78 is 10.6. The fraction of sp³-hybridized carbons (Fsp3) is 0.909. The lowest BCUT2D eigenvalue weighted by Gasteiger charge is -2.21. The summed E-state index contributed by atoms with van der Waals surface area (Å²) in [6.45, 7) is 6.24. The Morgan fingerprint density at radius 2 is 1.17 bits per heavy atom. The molecule has 0 radical (unpaired) electrons. The largest absolute Gasteiger partial charge is 0.462 e. The van der Waals surface area contributed by atoms with Crippen molar-refractivity contribution in [2.45, 2.75) is 225 Å². The van der Waals surface area contributed by atoms with E-state index < -0.39 is 37.0 Å². The van der Waals surface area contributed by atoms with E-state index in [0.29, 0.717) is 25.7 Å². The van der Waals surface area contributed by atoms with Crippen LogP contribution in [0.5, 0.6) is 0 Å². The van der Waals surface area contributed by atoms with Crippen molar-refractivity contribution >= 4 is 11.9 Å². The van der Waals surface area contributed by atoms with Crippen LogP contribution in [0.15, 0.2) is 12.2 Å². The summed E-state index contributed by atoms with van der Waals surface area (Å²) in [6, 6.07) is 0. The molecule has 0 bridgehead atoms. The Bertz CT molecular complexity index is 876. The number of ether oxygens (including phenoxy) is 2. The molecular formula is C44H82O8. The molecule has 6 atom stereocenters. The smallest absolute Gasteiger partial charge is 0.306 e. The Morgan fingerprint density at radius 1 is 0.673 bits per heavy atom. The molecule has 0 amide bonds. The van der Waals surface area contributed by atoms with E-state index in [4.69, 9.17) is 9.47 Å². The first-order valence-electron chi connectivity index (χ1n) is 21.9. The fourth-order valence-electron chi connectivity index (χ4n) is 7.48. The van der Waals surface area contributed by atoms with Crippen molar-refractivity contribution in [2.24, 2.45) is 17.8 Å². The van der Waals surface area contributed by atoms with Gasteiger partial charge in [0.1, 0.15) is 6.61 Å². The predicted octanol–water partition coefficient (Wildman–Crippen LogP) is 9.92. The summed E-state index contributed by atoms with van der Waals surface area (Å²) in [4.78, 5) is 24.5. The second-order valence-corrected chi connectivity index (χ2v) is 16.2. The SMILES string of the molecule is CCCCC[C@H](O)/C=C/[C@@H]1[C@@H](CCCCCCC(=O)O[C@@H](CO)COC(=O)CCCCCCCCCCCCCCCCCC(C)C)[C@@H](O)C[C@H]1O. The first-order valence-corrected chi connectivity index (χ1v) is 21.9. The molecule has 0 aliphatic heterocycles. The van der Waals surface area contributed by atoms with Gasteiger partial charge < -0.3 is 29.9 Å². The maximum Gasteiger partial charge on any atom is 0.306 e. The molecular weight excluding hydrogens is 656 g/mol. The van der Waals surface area contributed by atoms with Crippen molar-refractivity contribution in [3.8, 4) is 0 Å². The molecule has 4 N–H and O–H groups in total. The lowest BCUT2D eigenvalue weighted by molar-refractivity contribution is -0.161. The van der Waals surface area contributed by atoms with E-state index in [0.717, 1.165) is 70.1 Å². The molecule has 0 aromatic heterocycles. The first kappa shape index (κ1) is 48.5. The minimum Gasteiger partial charge on any atom is -0.462 e. The van der Waals surface area contributed by atoms with Crippen LogP contribution in [0.1, 0.15) is 201 Å². The molecule has 0 heterocycles. The van der Waals surface area contributed by atoms with Gasteiger partial charge in [-0.25, -0.2) is 0 Å². The number of aliphatic hydroxyl groups excluding tert-OH is 4. The molecule has 0 saturated heterocycles. The van der Waals surface area contributed by atoms with Gasteiger partial charge in [-0.15, -0.1) is 0 Å². The number of aliphatic hydroxyl groups is 4. The Hall–Kier alpha value is -1.48. The second kappa shape index (κ2) is 32.9. The van der Waals surface area contributed by atoms with E-state index >= 15 is 0 Å². The minimum atomic E-state index is -0.846. The molecule has 8 nitrogen and oxygen atoms in total. The summed E-state index contributed by atoms with van der Waals surface area (Å²) in [5, 5.41) is 40.8. The molecule has 1 aliphatic rings. The normalized spacial score (nSPS) is 20.2. The Balaban J connectivity index is 2.03. The highest BCUT2D eigenvalue weighted by Gasteiger charge is 2.39. The van der Waals surface area contributed by atoms with E-state index in [2.05, 4.69) is 20.8 Å². The molecule has 306 valence electrons. The van der Waals surface area contributed by atoms with Crippen molar-refractivity contribution in [1.82, 2.24) is 0 Å². The number of unbranched alkanes of at least 4 members (excludes halogenated alkanes) is 19. The topological polar surface area (TPSA) is 134 Å². The number of esters is 2. The van der Waals surface area contributed by atoms with E-state index in [1.807, 2.05) is 6.08 Å². The minimum absolute atomic E-state index is 0.0366. The third-order valence-corrected chi connectivity index (χ3v) is 10.8. The molecule has 0 aromatic rings. The van der Waals surface area contributed by atoms with Crippen LogP contribution < -0.4 is 0 Å². The van der Waals surface area contributed by atoms with Crippen molar-refractivity contribution in [1.29, 1.82) is 0 Å². The Kier molecular flexibility index (Phi) is 30.7. The molecule has 0 aromatic carbocycles. The summed E-state index contributed by atoms with van der Waals surface area (Å²) >= 11 is 0. The maximum absolute atomic E-state index is 12.3. The molecule has 52 heavy (non-hydrogen) atoms. The van der Waals surface area contributed by atoms with Crippen LogP contribution in [0.25, 0.3) is 0 Å². The fourth-order valence-corrected chi connectivity index (χ4v) is 7.48. The highest BCUT2D eigenvalue weighted by atomic mass is 16.6. The summed E-state index contributed by atoms with van der Waals surface area (Å²) in [5.41, 5.74) is 0. The van der Waals surface area contributed by atoms with Crippen molar-refractivity contribution < 1.29 is 39.5 Å². The number of rotatable bonds is 35. The van der Waals surface area contributed by atoms with E-state index in [1.165, 1.54) is 83.5 Å². The summed E-state index contributed by atoms with van der Waals surface area (Å²) in [6.07, 6.45) is 30.6. The number of carbonyl (C=O) groups is 2. The molecule has 1 rings (SSSR count). The number of hydrogen-bond acceptors (Lipinski definition) is 8. The van der Waals surface area contributed by atoms with Gasteiger partial charge in [-0.3, -0.25) is 9.59 Å². The van der Waals surface area contributed by atoms with Gasteiger partial charge in [0.05, 0.1) is 24.9 Å². The molecule has 0 unspecified atom stereocenters. The van der Waals surface area contributed by atoms with Crippen molar-refractivity contribution in [3.05, 3.63) is 12.2 Å². The average molecular weight is 739 g/mol. The highest BCUT2D eigenvalue weighted by molar-refractivity contribution is 5.70. The summed E-state index contributed by atoms with van der Waals surface area (Å²) in [7, 11) is 0. The molecule has 1 fully saturated rings. The van der Waals surface area contributed by atoms with Crippen LogP contribution in [0, 0.1) is 17.8 Å². The van der Waals surface area contributed by atoms with Gasteiger partial charge in [0.15, 0.2) is 6.10 Å². The monoisotopic (exact) mass is 739 g/mol. The van der Waals surface area contributed by atoms with Gasteiger partial charge in [0.25, 0.3) is 0 Å². The van der Waals surface area contributed by atoms with E-state index in [9.17, 15) is 30.0 Å². The first-order chi connectivity index (χ1) is 25.2. The second-order valence-electron chi connectivity index (χ2n) is 16.2. The third-order valence-electron chi connectivity index (χ3n) is 10.8. The molecule has 0 spiro atoms. The number of carbonyl (C=O) groups excluding carboxylic acids is 2. The Labute approximate surface area is 318 Å². The van der Waals surface area contributed by atoms with Crippen LogP contribution in [0.2, 0.25) is 0 Å². The van der Waals surface area contributed by atoms with Crippen molar-refractivity contribution in [3.63, 3.8) is 0 Å². The predicted molar refractivity (Wildman–Crippen MR) is 212 cm³/mol. The van der Waals surface area contributed by atoms with Gasteiger partial charge in [0, 0.05) is 25.2 Å². The molecule has 1 saturated carbocycles. The van der Waals surface area contributed by atoms with Gasteiger partial charge in [-0.2, -0.15) is 0 Å².